The SMILES string of the molecule is O=C(Nc1cccc2c(OS(=O)(=O)O)c3ccccc3c(OS(=O)(=O)O)c12)c1ccc(-c2ccccc2)cc1.[Na].[Na]. The predicted octanol–water partition coefficient (Wildman–Crippen LogP) is 4.51. The summed E-state index contributed by atoms with van der Waals surface area (Å²) in [6, 6.07) is 26.4. The Morgan fingerprint density at radius 1 is 0.585 bits per heavy atom. The molecule has 5 rings (SSSR count). The van der Waals surface area contributed by atoms with Gasteiger partial charge in [-0.15, -0.1) is 0 Å². The van der Waals surface area contributed by atoms with E-state index in [2.05, 4.69) is 5.32 Å². The second-order valence-electron chi connectivity index (χ2n) is 8.35. The van der Waals surface area contributed by atoms with Crippen LogP contribution in [0.5, 0.6) is 11.5 Å². The minimum Gasteiger partial charge on any atom is -0.360 e. The fraction of sp³-hybridized carbons (Fsp3) is 0. The molecule has 0 saturated carbocycles. The number of anilines is 1. The number of carbonyl (C=O) groups excluding carboxylic acids is 1. The second kappa shape index (κ2) is 13.2. The molecule has 200 valence electrons. The van der Waals surface area contributed by atoms with Gasteiger partial charge in [0.2, 0.25) is 0 Å². The molecule has 0 spiro atoms. The molecule has 2 radical (unpaired) electrons. The maximum atomic E-state index is 13.2. The number of fused-ring (bicyclic) bond motifs is 2. The molecule has 0 bridgehead atoms. The van der Waals surface area contributed by atoms with E-state index < -0.39 is 26.7 Å². The summed E-state index contributed by atoms with van der Waals surface area (Å²) in [7, 11) is -10.1. The van der Waals surface area contributed by atoms with Gasteiger partial charge in [0, 0.05) is 80.8 Å². The van der Waals surface area contributed by atoms with E-state index in [1.807, 2.05) is 30.3 Å². The van der Waals surface area contributed by atoms with Gasteiger partial charge in [0.25, 0.3) is 5.91 Å². The molecule has 0 fully saturated rings. The average Bonchev–Trinajstić information content (AvgIpc) is 2.90. The molecule has 5 aromatic carbocycles. The number of carbonyl (C=O) groups is 1. The summed E-state index contributed by atoms with van der Waals surface area (Å²) < 4.78 is 75.6. The van der Waals surface area contributed by atoms with Crippen LogP contribution in [-0.2, 0) is 20.8 Å². The van der Waals surface area contributed by atoms with Crippen molar-refractivity contribution in [3.05, 3.63) is 103 Å². The van der Waals surface area contributed by atoms with Crippen LogP contribution in [0.1, 0.15) is 10.4 Å². The van der Waals surface area contributed by atoms with E-state index in [4.69, 9.17) is 8.37 Å². The maximum Gasteiger partial charge on any atom is 0.446 e. The summed E-state index contributed by atoms with van der Waals surface area (Å²) in [6.07, 6.45) is 0. The van der Waals surface area contributed by atoms with Crippen molar-refractivity contribution < 1.29 is 39.1 Å². The first-order valence-electron chi connectivity index (χ1n) is 11.3. The molecule has 0 aromatic heterocycles. The number of hydrogen-bond donors (Lipinski definition) is 3. The number of rotatable bonds is 7. The van der Waals surface area contributed by atoms with Crippen molar-refractivity contribution in [1.29, 1.82) is 0 Å². The van der Waals surface area contributed by atoms with E-state index in [9.17, 15) is 30.7 Å². The largest absolute Gasteiger partial charge is 0.446 e. The first-order chi connectivity index (χ1) is 18.5. The molecule has 0 unspecified atom stereocenters. The first-order valence-corrected chi connectivity index (χ1v) is 14.0. The van der Waals surface area contributed by atoms with Crippen LogP contribution < -0.4 is 13.7 Å². The van der Waals surface area contributed by atoms with Crippen molar-refractivity contribution in [2.45, 2.75) is 0 Å². The molecule has 3 N–H and O–H groups in total. The summed E-state index contributed by atoms with van der Waals surface area (Å²) in [5, 5.41) is 2.64. The molecule has 0 aliphatic heterocycles. The van der Waals surface area contributed by atoms with Crippen molar-refractivity contribution in [2.24, 2.45) is 0 Å². The van der Waals surface area contributed by atoms with Gasteiger partial charge in [-0.1, -0.05) is 78.9 Å². The van der Waals surface area contributed by atoms with E-state index >= 15 is 0 Å². The normalized spacial score (nSPS) is 11.3. The Hall–Kier alpha value is -2.49. The Kier molecular flexibility index (Phi) is 10.6. The third kappa shape index (κ3) is 7.67. The van der Waals surface area contributed by atoms with E-state index in [1.165, 1.54) is 42.5 Å². The smallest absolute Gasteiger partial charge is 0.360 e. The molecule has 0 atom stereocenters. The number of benzene rings is 5. The van der Waals surface area contributed by atoms with Gasteiger partial charge >= 0.3 is 20.8 Å². The summed E-state index contributed by atoms with van der Waals surface area (Å²) in [5.74, 6) is -1.29. The zero-order valence-electron chi connectivity index (χ0n) is 21.8. The summed E-state index contributed by atoms with van der Waals surface area (Å²) in [4.78, 5) is 13.2. The molecule has 10 nitrogen and oxygen atoms in total. The predicted molar refractivity (Wildman–Crippen MR) is 157 cm³/mol. The quantitative estimate of drug-likeness (QED) is 0.137. The van der Waals surface area contributed by atoms with Crippen LogP contribution in [0.25, 0.3) is 32.7 Å². The standard InChI is InChI=1S/C27H19NO9S2.2Na/c29-27(19-15-13-18(14-16-19)17-7-2-1-3-8-17)28-23-12-6-11-22-24(23)26(37-39(33,34)35)21-10-5-4-9-20(21)25(22)36-38(30,31)32;;/h1-16H,(H,28,29)(H,30,31,32)(H,33,34,35);;. The minimum absolute atomic E-state index is 0. The van der Waals surface area contributed by atoms with Crippen molar-refractivity contribution in [2.75, 3.05) is 5.32 Å². The molecule has 0 aliphatic rings. The van der Waals surface area contributed by atoms with Gasteiger partial charge in [-0.05, 0) is 29.3 Å². The zero-order valence-corrected chi connectivity index (χ0v) is 27.4. The van der Waals surface area contributed by atoms with E-state index in [1.54, 1.807) is 24.3 Å². The second-order valence-corrected chi connectivity index (χ2v) is 10.4. The number of hydrogen-bond acceptors (Lipinski definition) is 7. The zero-order chi connectivity index (χ0) is 27.8. The van der Waals surface area contributed by atoms with Gasteiger partial charge in [0.1, 0.15) is 0 Å². The molecular weight excluding hydrogens is 592 g/mol. The van der Waals surface area contributed by atoms with Crippen molar-refractivity contribution in [1.82, 2.24) is 0 Å². The van der Waals surface area contributed by atoms with E-state index in [0.29, 0.717) is 0 Å². The fourth-order valence-corrected chi connectivity index (χ4v) is 5.05. The van der Waals surface area contributed by atoms with Crippen LogP contribution in [-0.4, -0.2) is 91.0 Å². The average molecular weight is 612 g/mol. The van der Waals surface area contributed by atoms with Crippen LogP contribution in [0.15, 0.2) is 97.1 Å². The van der Waals surface area contributed by atoms with Gasteiger partial charge in [0.05, 0.1) is 11.1 Å². The third-order valence-electron chi connectivity index (χ3n) is 5.83. The Balaban J connectivity index is 0.00000231. The molecule has 5 aromatic rings. The summed E-state index contributed by atoms with van der Waals surface area (Å²) in [5.41, 5.74) is 2.15. The molecule has 1 amide bonds. The monoisotopic (exact) mass is 611 g/mol. The van der Waals surface area contributed by atoms with Gasteiger partial charge in [-0.2, -0.15) is 16.8 Å². The summed E-state index contributed by atoms with van der Waals surface area (Å²) >= 11 is 0. The molecule has 41 heavy (non-hydrogen) atoms. The molecule has 0 saturated heterocycles. The Morgan fingerprint density at radius 2 is 1.07 bits per heavy atom. The molecule has 14 heteroatoms. The first kappa shape index (κ1) is 33.0. The minimum atomic E-state index is -5.06. The van der Waals surface area contributed by atoms with Gasteiger partial charge in [-0.25, -0.2) is 0 Å². The van der Waals surface area contributed by atoms with Crippen LogP contribution in [0.3, 0.4) is 0 Å². The topological polar surface area (TPSA) is 156 Å². The van der Waals surface area contributed by atoms with E-state index in [0.717, 1.165) is 11.1 Å². The van der Waals surface area contributed by atoms with Crippen molar-refractivity contribution in [3.8, 4) is 22.6 Å². The maximum absolute atomic E-state index is 13.2. The van der Waals surface area contributed by atoms with Gasteiger partial charge in [0.15, 0.2) is 11.5 Å². The van der Waals surface area contributed by atoms with Gasteiger partial charge < -0.3 is 13.7 Å². The molecular formula is C27H19NNa2O9S2. The Labute approximate surface area is 280 Å². The molecule has 0 heterocycles. The Morgan fingerprint density at radius 3 is 1.66 bits per heavy atom. The van der Waals surface area contributed by atoms with Crippen molar-refractivity contribution >= 4 is 113 Å². The summed E-state index contributed by atoms with van der Waals surface area (Å²) in [6.45, 7) is 0. The Bertz CT molecular complexity index is 1950. The third-order valence-corrected chi connectivity index (χ3v) is 6.59. The number of nitrogens with one attached hydrogen (secondary N) is 1. The van der Waals surface area contributed by atoms with Crippen LogP contribution in [0.4, 0.5) is 5.69 Å². The van der Waals surface area contributed by atoms with Crippen molar-refractivity contribution in [3.63, 3.8) is 0 Å². The van der Waals surface area contributed by atoms with Crippen LogP contribution >= 0.6 is 0 Å². The van der Waals surface area contributed by atoms with E-state index in [-0.39, 0.29) is 103 Å². The number of amides is 1. The fourth-order valence-electron chi connectivity index (χ4n) is 4.28. The molecule has 0 aliphatic carbocycles. The van der Waals surface area contributed by atoms with Crippen LogP contribution in [0.2, 0.25) is 0 Å². The van der Waals surface area contributed by atoms with Gasteiger partial charge in [-0.3, -0.25) is 13.9 Å². The van der Waals surface area contributed by atoms with Crippen LogP contribution in [0, 0.1) is 0 Å².